The fourth-order valence-corrected chi connectivity index (χ4v) is 3.89. The molecule has 2 amide bonds. The summed E-state index contributed by atoms with van der Waals surface area (Å²) in [5.41, 5.74) is -0.103. The summed E-state index contributed by atoms with van der Waals surface area (Å²) in [5.74, 6) is -0.0689. The minimum absolute atomic E-state index is 0.0835. The monoisotopic (exact) mass is 484 g/mol. The van der Waals surface area contributed by atoms with Gasteiger partial charge in [0.2, 0.25) is 5.91 Å². The molecule has 1 N–H and O–H groups in total. The maximum Gasteiger partial charge on any atom is 0.417 e. The lowest BCUT2D eigenvalue weighted by molar-refractivity contribution is -0.137. The number of hydrogen-bond donors (Lipinski definition) is 1. The van der Waals surface area contributed by atoms with Gasteiger partial charge >= 0.3 is 6.18 Å². The van der Waals surface area contributed by atoms with Gasteiger partial charge in [-0.2, -0.15) is 13.2 Å². The highest BCUT2D eigenvalue weighted by Crippen LogP contribution is 2.35. The summed E-state index contributed by atoms with van der Waals surface area (Å²) in [6, 6.07) is 5.67. The minimum atomic E-state index is -4.52. The van der Waals surface area contributed by atoms with Crippen LogP contribution in [0.1, 0.15) is 28.8 Å². The van der Waals surface area contributed by atoms with E-state index in [1.165, 1.54) is 12.0 Å². The molecule has 1 aliphatic rings. The molecule has 0 radical (unpaired) electrons. The molecule has 2 heterocycles. The van der Waals surface area contributed by atoms with Crippen molar-refractivity contribution in [1.82, 2.24) is 9.88 Å². The molecule has 3 rings (SSSR count). The molecule has 1 aromatic carbocycles. The van der Waals surface area contributed by atoms with Gasteiger partial charge < -0.3 is 19.9 Å². The number of carbonyl (C=O) groups excluding carboxylic acids is 2. The summed E-state index contributed by atoms with van der Waals surface area (Å²) in [5, 5.41) is 2.75. The van der Waals surface area contributed by atoms with Gasteiger partial charge in [0, 0.05) is 44.9 Å². The largest absolute Gasteiger partial charge is 0.495 e. The lowest BCUT2D eigenvalue weighted by Gasteiger charge is -2.32. The molecule has 11 heteroatoms. The first-order chi connectivity index (χ1) is 15.5. The second-order valence-electron chi connectivity index (χ2n) is 7.89. The van der Waals surface area contributed by atoms with Gasteiger partial charge in [0.15, 0.2) is 0 Å². The number of piperidine rings is 1. The molecule has 1 aromatic heterocycles. The number of benzene rings is 1. The van der Waals surface area contributed by atoms with E-state index in [1.54, 1.807) is 37.2 Å². The number of aromatic nitrogens is 1. The van der Waals surface area contributed by atoms with E-state index in [4.69, 9.17) is 16.3 Å². The van der Waals surface area contributed by atoms with Crippen LogP contribution < -0.4 is 15.0 Å². The van der Waals surface area contributed by atoms with Crippen LogP contribution in [0.4, 0.5) is 24.7 Å². The Labute approximate surface area is 194 Å². The molecule has 0 aliphatic carbocycles. The predicted octanol–water partition coefficient (Wildman–Crippen LogP) is 4.32. The van der Waals surface area contributed by atoms with Crippen LogP contribution in [0.3, 0.4) is 0 Å². The molecule has 7 nitrogen and oxygen atoms in total. The third-order valence-corrected chi connectivity index (χ3v) is 5.70. The highest BCUT2D eigenvalue weighted by atomic mass is 35.5. The van der Waals surface area contributed by atoms with Gasteiger partial charge in [0.1, 0.15) is 11.6 Å². The molecule has 1 fully saturated rings. The Morgan fingerprint density at radius 1 is 1.21 bits per heavy atom. The van der Waals surface area contributed by atoms with Gasteiger partial charge in [-0.1, -0.05) is 11.6 Å². The molecular formula is C22H24ClF3N4O3. The van der Waals surface area contributed by atoms with E-state index >= 15 is 0 Å². The third-order valence-electron chi connectivity index (χ3n) is 5.42. The second kappa shape index (κ2) is 9.86. The van der Waals surface area contributed by atoms with E-state index in [9.17, 15) is 22.8 Å². The van der Waals surface area contributed by atoms with Gasteiger partial charge in [-0.3, -0.25) is 9.59 Å². The van der Waals surface area contributed by atoms with Crippen LogP contribution in [-0.4, -0.2) is 56.0 Å². The number of hydrogen-bond acceptors (Lipinski definition) is 5. The summed E-state index contributed by atoms with van der Waals surface area (Å²) in [7, 11) is 4.74. The normalized spacial score (nSPS) is 14.7. The van der Waals surface area contributed by atoms with Crippen LogP contribution in [0.25, 0.3) is 0 Å². The number of rotatable bonds is 5. The summed E-state index contributed by atoms with van der Waals surface area (Å²) < 4.78 is 43.8. The van der Waals surface area contributed by atoms with Crippen LogP contribution in [0.15, 0.2) is 30.5 Å². The van der Waals surface area contributed by atoms with Crippen molar-refractivity contribution in [3.8, 4) is 5.75 Å². The van der Waals surface area contributed by atoms with Crippen LogP contribution in [0, 0.1) is 5.92 Å². The summed E-state index contributed by atoms with van der Waals surface area (Å²) in [6.07, 6.45) is -2.84. The fraction of sp³-hybridized carbons (Fsp3) is 0.409. The van der Waals surface area contributed by atoms with Crippen LogP contribution >= 0.6 is 11.6 Å². The predicted molar refractivity (Wildman–Crippen MR) is 119 cm³/mol. The SMILES string of the molecule is COc1ccc(C(=O)N(C)C)cc1NC(=O)C1CCN(c2ncc(C(F)(F)F)cc2Cl)CC1. The number of nitrogens with one attached hydrogen (secondary N) is 1. The van der Waals surface area contributed by atoms with E-state index in [2.05, 4.69) is 10.3 Å². The number of halogens is 4. The summed E-state index contributed by atoms with van der Waals surface area (Å²) in [4.78, 5) is 32.2. The van der Waals surface area contributed by atoms with E-state index < -0.39 is 11.7 Å². The highest BCUT2D eigenvalue weighted by Gasteiger charge is 2.33. The Hall–Kier alpha value is -3.01. The van der Waals surface area contributed by atoms with Crippen molar-refractivity contribution in [2.45, 2.75) is 19.0 Å². The molecule has 0 atom stereocenters. The quantitative estimate of drug-likeness (QED) is 0.684. The molecule has 0 unspecified atom stereocenters. The van der Waals surface area contributed by atoms with Crippen molar-refractivity contribution in [2.75, 3.05) is 44.5 Å². The molecular weight excluding hydrogens is 461 g/mol. The van der Waals surface area contributed by atoms with Gasteiger partial charge in [-0.15, -0.1) is 0 Å². The van der Waals surface area contributed by atoms with Crippen LogP contribution in [0.2, 0.25) is 5.02 Å². The van der Waals surface area contributed by atoms with Crippen molar-refractivity contribution in [2.24, 2.45) is 5.92 Å². The average Bonchev–Trinajstić information content (AvgIpc) is 2.78. The Morgan fingerprint density at radius 3 is 2.42 bits per heavy atom. The lowest BCUT2D eigenvalue weighted by atomic mass is 9.95. The maximum atomic E-state index is 12.9. The molecule has 2 aromatic rings. The number of ether oxygens (including phenoxy) is 1. The third kappa shape index (κ3) is 5.68. The first-order valence-electron chi connectivity index (χ1n) is 10.2. The number of methoxy groups -OCH3 is 1. The van der Waals surface area contributed by atoms with Gasteiger partial charge in [-0.05, 0) is 37.1 Å². The molecule has 0 spiro atoms. The lowest BCUT2D eigenvalue weighted by Crippen LogP contribution is -2.38. The van der Waals surface area contributed by atoms with Crippen molar-refractivity contribution >= 4 is 34.9 Å². The highest BCUT2D eigenvalue weighted by molar-refractivity contribution is 6.33. The number of nitrogens with zero attached hydrogens (tertiary/aromatic N) is 3. The van der Waals surface area contributed by atoms with Crippen molar-refractivity contribution in [3.05, 3.63) is 46.6 Å². The Balaban J connectivity index is 1.67. The van der Waals surface area contributed by atoms with Crippen molar-refractivity contribution in [3.63, 3.8) is 0 Å². The molecule has 1 saturated heterocycles. The van der Waals surface area contributed by atoms with E-state index in [-0.39, 0.29) is 28.6 Å². The van der Waals surface area contributed by atoms with E-state index in [1.807, 2.05) is 0 Å². The zero-order valence-corrected chi connectivity index (χ0v) is 19.1. The molecule has 1 aliphatic heterocycles. The maximum absolute atomic E-state index is 12.9. The summed E-state index contributed by atoms with van der Waals surface area (Å²) >= 11 is 6.04. The average molecular weight is 485 g/mol. The smallest absolute Gasteiger partial charge is 0.417 e. The van der Waals surface area contributed by atoms with Crippen molar-refractivity contribution < 1.29 is 27.5 Å². The molecule has 33 heavy (non-hydrogen) atoms. The standard InChI is InChI=1S/C22H24ClF3N4O3/c1-29(2)21(32)14-4-5-18(33-3)17(10-14)28-20(31)13-6-8-30(9-7-13)19-16(23)11-15(12-27-19)22(24,25)26/h4-5,10-13H,6-9H2,1-3H3,(H,28,31). The number of carbonyl (C=O) groups is 2. The minimum Gasteiger partial charge on any atom is -0.495 e. The number of alkyl halides is 3. The number of amides is 2. The van der Waals surface area contributed by atoms with Crippen LogP contribution in [-0.2, 0) is 11.0 Å². The Morgan fingerprint density at radius 2 is 1.88 bits per heavy atom. The molecule has 0 saturated carbocycles. The zero-order valence-electron chi connectivity index (χ0n) is 18.4. The zero-order chi connectivity index (χ0) is 24.3. The van der Waals surface area contributed by atoms with E-state index in [0.717, 1.165) is 12.3 Å². The first kappa shape index (κ1) is 24.6. The van der Waals surface area contributed by atoms with Crippen LogP contribution in [0.5, 0.6) is 5.75 Å². The number of pyridine rings is 1. The first-order valence-corrected chi connectivity index (χ1v) is 10.6. The van der Waals surface area contributed by atoms with Gasteiger partial charge in [-0.25, -0.2) is 4.98 Å². The van der Waals surface area contributed by atoms with Crippen molar-refractivity contribution in [1.29, 1.82) is 0 Å². The van der Waals surface area contributed by atoms with Gasteiger partial charge in [0.05, 0.1) is 23.4 Å². The Bertz CT molecular complexity index is 1040. The van der Waals surface area contributed by atoms with Gasteiger partial charge in [0.25, 0.3) is 5.91 Å². The van der Waals surface area contributed by atoms with E-state index in [0.29, 0.717) is 42.9 Å². The number of anilines is 2. The Kier molecular flexibility index (Phi) is 7.36. The second-order valence-corrected chi connectivity index (χ2v) is 8.30. The summed E-state index contributed by atoms with van der Waals surface area (Å²) in [6.45, 7) is 0.818. The topological polar surface area (TPSA) is 74.8 Å². The molecule has 0 bridgehead atoms. The molecule has 178 valence electrons. The fourth-order valence-electron chi connectivity index (χ4n) is 3.60.